The molecule has 0 fully saturated rings. The highest BCUT2D eigenvalue weighted by molar-refractivity contribution is 5.21. The highest BCUT2D eigenvalue weighted by Crippen LogP contribution is 2.28. The van der Waals surface area contributed by atoms with Gasteiger partial charge in [-0.25, -0.2) is 0 Å². The van der Waals surface area contributed by atoms with Crippen molar-refractivity contribution in [3.8, 4) is 0 Å². The van der Waals surface area contributed by atoms with Gasteiger partial charge in [0.1, 0.15) is 0 Å². The van der Waals surface area contributed by atoms with Crippen LogP contribution in [0.25, 0.3) is 0 Å². The van der Waals surface area contributed by atoms with E-state index in [1.165, 1.54) is 5.57 Å². The van der Waals surface area contributed by atoms with Gasteiger partial charge in [0, 0.05) is 0 Å². The molecule has 98 valence electrons. The number of aliphatic hydroxyl groups excluding tert-OH is 1. The summed E-state index contributed by atoms with van der Waals surface area (Å²) in [6.07, 6.45) is 8.81. The molecule has 0 spiro atoms. The van der Waals surface area contributed by atoms with Gasteiger partial charge in [-0.15, -0.1) is 0 Å². The maximum atomic E-state index is 9.80. The molecule has 0 aromatic carbocycles. The predicted octanol–water partition coefficient (Wildman–Crippen LogP) is 3.06. The fourth-order valence-corrected chi connectivity index (χ4v) is 2.15. The fraction of sp³-hybridized carbons (Fsp3) is 0.733. The van der Waals surface area contributed by atoms with Gasteiger partial charge in [0.2, 0.25) is 0 Å². The topological polar surface area (TPSA) is 40.5 Å². The molecular weight excluding hydrogens is 212 g/mol. The lowest BCUT2D eigenvalue weighted by Crippen LogP contribution is -2.36. The largest absolute Gasteiger partial charge is 0.390 e. The van der Waals surface area contributed by atoms with Crippen LogP contribution in [0.3, 0.4) is 0 Å². The second kappa shape index (κ2) is 5.83. The molecule has 1 aliphatic carbocycles. The molecule has 0 radical (unpaired) electrons. The van der Waals surface area contributed by atoms with Crippen LogP contribution in [0.4, 0.5) is 0 Å². The van der Waals surface area contributed by atoms with E-state index in [9.17, 15) is 10.2 Å². The van der Waals surface area contributed by atoms with Crippen LogP contribution < -0.4 is 0 Å². The van der Waals surface area contributed by atoms with Crippen molar-refractivity contribution >= 4 is 0 Å². The van der Waals surface area contributed by atoms with E-state index in [1.807, 2.05) is 0 Å². The van der Waals surface area contributed by atoms with E-state index in [1.54, 1.807) is 13.8 Å². The summed E-state index contributed by atoms with van der Waals surface area (Å²) in [7, 11) is 0. The first kappa shape index (κ1) is 14.5. The first-order valence-electron chi connectivity index (χ1n) is 6.56. The Morgan fingerprint density at radius 3 is 2.53 bits per heavy atom. The quantitative estimate of drug-likeness (QED) is 0.773. The van der Waals surface area contributed by atoms with Crippen molar-refractivity contribution in [1.29, 1.82) is 0 Å². The molecule has 2 nitrogen and oxygen atoms in total. The molecule has 0 aliphatic heterocycles. The second-order valence-electron chi connectivity index (χ2n) is 5.93. The number of hydrogen-bond acceptors (Lipinski definition) is 2. The summed E-state index contributed by atoms with van der Waals surface area (Å²) in [6.45, 7) is 7.67. The Morgan fingerprint density at radius 2 is 2.06 bits per heavy atom. The monoisotopic (exact) mass is 238 g/mol. The first-order valence-corrected chi connectivity index (χ1v) is 6.56. The molecule has 0 aromatic rings. The highest BCUT2D eigenvalue weighted by atomic mass is 16.3. The lowest BCUT2D eigenvalue weighted by atomic mass is 9.82. The molecule has 1 rings (SSSR count). The fourth-order valence-electron chi connectivity index (χ4n) is 2.15. The van der Waals surface area contributed by atoms with Crippen LogP contribution in [-0.4, -0.2) is 21.9 Å². The maximum Gasteiger partial charge on any atom is 0.0849 e. The Balaban J connectivity index is 2.36. The first-order chi connectivity index (χ1) is 7.80. The molecule has 0 amide bonds. The van der Waals surface area contributed by atoms with Crippen LogP contribution in [0, 0.1) is 11.8 Å². The minimum Gasteiger partial charge on any atom is -0.390 e. The SMILES string of the molecule is CC1=CCC(C(C)CCC(O)C(C)(C)O)C=C1. The second-order valence-corrected chi connectivity index (χ2v) is 5.93. The third-order valence-corrected chi connectivity index (χ3v) is 3.76. The molecule has 0 saturated carbocycles. The van der Waals surface area contributed by atoms with Gasteiger partial charge in [-0.2, -0.15) is 0 Å². The summed E-state index contributed by atoms with van der Waals surface area (Å²) in [5.74, 6) is 1.13. The number of aliphatic hydroxyl groups is 2. The van der Waals surface area contributed by atoms with Crippen LogP contribution in [0.15, 0.2) is 23.8 Å². The van der Waals surface area contributed by atoms with Gasteiger partial charge < -0.3 is 10.2 Å². The molecular formula is C15H26O2. The van der Waals surface area contributed by atoms with Crippen molar-refractivity contribution in [3.05, 3.63) is 23.8 Å². The molecule has 17 heavy (non-hydrogen) atoms. The Morgan fingerprint density at radius 1 is 1.41 bits per heavy atom. The third kappa shape index (κ3) is 4.64. The Labute approximate surface area is 105 Å². The molecule has 2 heteroatoms. The average Bonchev–Trinajstić information content (AvgIpc) is 2.25. The minimum atomic E-state index is -0.987. The molecule has 0 aromatic heterocycles. The van der Waals surface area contributed by atoms with Crippen LogP contribution in [0.5, 0.6) is 0 Å². The molecule has 3 unspecified atom stereocenters. The van der Waals surface area contributed by atoms with Gasteiger partial charge in [0.25, 0.3) is 0 Å². The lowest BCUT2D eigenvalue weighted by Gasteiger charge is -2.27. The van der Waals surface area contributed by atoms with Gasteiger partial charge in [0.05, 0.1) is 11.7 Å². The molecule has 0 bridgehead atoms. The maximum absolute atomic E-state index is 9.80. The van der Waals surface area contributed by atoms with Crippen molar-refractivity contribution in [2.45, 2.75) is 58.7 Å². The summed E-state index contributed by atoms with van der Waals surface area (Å²) in [5.41, 5.74) is 0.350. The predicted molar refractivity (Wildman–Crippen MR) is 71.7 cm³/mol. The smallest absolute Gasteiger partial charge is 0.0849 e. The van der Waals surface area contributed by atoms with E-state index in [-0.39, 0.29) is 0 Å². The van der Waals surface area contributed by atoms with Gasteiger partial charge in [-0.05, 0) is 51.9 Å². The van der Waals surface area contributed by atoms with Crippen molar-refractivity contribution < 1.29 is 10.2 Å². The minimum absolute atomic E-state index is 0.549. The average molecular weight is 238 g/mol. The molecule has 3 atom stereocenters. The summed E-state index contributed by atoms with van der Waals surface area (Å²) < 4.78 is 0. The standard InChI is InChI=1S/C15H26O2/c1-11-5-8-13(9-6-11)12(2)7-10-14(16)15(3,4)17/h5-6,8,12-14,16-17H,7,9-10H2,1-4H3. The zero-order valence-electron chi connectivity index (χ0n) is 11.5. The van der Waals surface area contributed by atoms with Crippen LogP contribution in [0.2, 0.25) is 0 Å². The summed E-state index contributed by atoms with van der Waals surface area (Å²) in [5, 5.41) is 19.5. The number of allylic oxidation sites excluding steroid dienone is 4. The zero-order chi connectivity index (χ0) is 13.1. The Kier molecular flexibility index (Phi) is 4.96. The van der Waals surface area contributed by atoms with E-state index in [0.717, 1.165) is 12.8 Å². The molecule has 0 saturated heterocycles. The van der Waals surface area contributed by atoms with E-state index in [2.05, 4.69) is 32.1 Å². The summed E-state index contributed by atoms with van der Waals surface area (Å²) in [6, 6.07) is 0. The van der Waals surface area contributed by atoms with E-state index in [4.69, 9.17) is 0 Å². The van der Waals surface area contributed by atoms with Crippen molar-refractivity contribution in [1.82, 2.24) is 0 Å². The van der Waals surface area contributed by atoms with Gasteiger partial charge >= 0.3 is 0 Å². The lowest BCUT2D eigenvalue weighted by molar-refractivity contribution is -0.0539. The molecule has 1 aliphatic rings. The normalized spacial score (nSPS) is 24.4. The van der Waals surface area contributed by atoms with Crippen molar-refractivity contribution in [2.75, 3.05) is 0 Å². The zero-order valence-corrected chi connectivity index (χ0v) is 11.5. The van der Waals surface area contributed by atoms with Crippen molar-refractivity contribution in [2.24, 2.45) is 11.8 Å². The summed E-state index contributed by atoms with van der Waals surface area (Å²) in [4.78, 5) is 0. The van der Waals surface area contributed by atoms with E-state index >= 15 is 0 Å². The molecule has 0 heterocycles. The van der Waals surface area contributed by atoms with Gasteiger partial charge in [0.15, 0.2) is 0 Å². The van der Waals surface area contributed by atoms with Crippen LogP contribution in [-0.2, 0) is 0 Å². The van der Waals surface area contributed by atoms with Crippen molar-refractivity contribution in [3.63, 3.8) is 0 Å². The van der Waals surface area contributed by atoms with Gasteiger partial charge in [-0.1, -0.05) is 30.7 Å². The van der Waals surface area contributed by atoms with Gasteiger partial charge in [-0.3, -0.25) is 0 Å². The Bertz CT molecular complexity index is 297. The Hall–Kier alpha value is -0.600. The van der Waals surface area contributed by atoms with Crippen LogP contribution >= 0.6 is 0 Å². The molecule has 2 N–H and O–H groups in total. The van der Waals surface area contributed by atoms with Crippen LogP contribution in [0.1, 0.15) is 47.0 Å². The number of hydrogen-bond donors (Lipinski definition) is 2. The van der Waals surface area contributed by atoms with E-state index < -0.39 is 11.7 Å². The summed E-state index contributed by atoms with van der Waals surface area (Å²) >= 11 is 0. The highest BCUT2D eigenvalue weighted by Gasteiger charge is 2.25. The van der Waals surface area contributed by atoms with E-state index in [0.29, 0.717) is 18.3 Å². The third-order valence-electron chi connectivity index (χ3n) is 3.76. The number of rotatable bonds is 5.